The molecular weight excluding hydrogens is 486 g/mol. The summed E-state index contributed by atoms with van der Waals surface area (Å²) in [6, 6.07) is 0. The van der Waals surface area contributed by atoms with Gasteiger partial charge in [-0.1, -0.05) is 53.4 Å². The Labute approximate surface area is 201 Å². The molecule has 0 bridgehead atoms. The zero-order valence-electron chi connectivity index (χ0n) is 18.7. The van der Waals surface area contributed by atoms with Gasteiger partial charge in [0, 0.05) is 23.9 Å². The third kappa shape index (κ3) is 50.5. The van der Waals surface area contributed by atoms with Gasteiger partial charge in [-0.05, 0) is 51.4 Å². The predicted molar refractivity (Wildman–Crippen MR) is 98.0 cm³/mol. The van der Waals surface area contributed by atoms with Crippen molar-refractivity contribution in [3.05, 3.63) is 0 Å². The summed E-state index contributed by atoms with van der Waals surface area (Å²) >= 11 is 0. The van der Waals surface area contributed by atoms with Crippen molar-refractivity contribution >= 4 is 23.9 Å². The van der Waals surface area contributed by atoms with E-state index in [2.05, 4.69) is 13.8 Å². The molecule has 0 aromatic heterocycles. The first-order valence-corrected chi connectivity index (χ1v) is 9.67. The molecule has 0 aliphatic heterocycles. The molecule has 0 amide bonds. The van der Waals surface area contributed by atoms with E-state index in [1.807, 2.05) is 13.8 Å². The van der Waals surface area contributed by atoms with Gasteiger partial charge in [0.05, 0.1) is 0 Å². The minimum Gasteiger partial charge on any atom is -0.550 e. The first-order chi connectivity index (χ1) is 12.9. The van der Waals surface area contributed by atoms with Crippen LogP contribution in [0.2, 0.25) is 0 Å². The van der Waals surface area contributed by atoms with Crippen LogP contribution in [0.5, 0.6) is 0 Å². The van der Waals surface area contributed by atoms with Gasteiger partial charge >= 0.3 is 33.0 Å². The molecular formula is C20H36Ni2O8. The van der Waals surface area contributed by atoms with E-state index in [-0.39, 0.29) is 44.8 Å². The van der Waals surface area contributed by atoms with Crippen molar-refractivity contribution in [2.45, 2.75) is 92.9 Å². The summed E-state index contributed by atoms with van der Waals surface area (Å²) in [7, 11) is 0. The normalized spacial score (nSPS) is 10.3. The number of carboxylic acid groups (broad SMARTS) is 4. The Morgan fingerprint density at radius 3 is 0.900 bits per heavy atom. The summed E-state index contributed by atoms with van der Waals surface area (Å²) in [5, 5.41) is 38.4. The third-order valence-electron chi connectivity index (χ3n) is 3.46. The van der Waals surface area contributed by atoms with Crippen LogP contribution in [0.1, 0.15) is 92.9 Å². The van der Waals surface area contributed by atoms with Crippen LogP contribution in [-0.2, 0) is 52.2 Å². The quantitative estimate of drug-likeness (QED) is 0.345. The van der Waals surface area contributed by atoms with E-state index >= 15 is 0 Å². The average Bonchev–Trinajstić information content (AvgIpc) is 2.55. The molecule has 0 radical (unpaired) electrons. The molecule has 0 rings (SSSR count). The van der Waals surface area contributed by atoms with E-state index in [0.717, 1.165) is 52.4 Å². The molecule has 0 N–H and O–H groups in total. The minimum absolute atomic E-state index is 0. The van der Waals surface area contributed by atoms with Crippen molar-refractivity contribution < 1.29 is 72.6 Å². The zero-order chi connectivity index (χ0) is 23.1. The topological polar surface area (TPSA) is 161 Å². The Morgan fingerprint density at radius 2 is 0.800 bits per heavy atom. The molecule has 30 heavy (non-hydrogen) atoms. The van der Waals surface area contributed by atoms with Gasteiger partial charge in [-0.3, -0.25) is 0 Å². The second-order valence-corrected chi connectivity index (χ2v) is 6.12. The molecule has 0 fully saturated rings. The Hall–Kier alpha value is -1.13. The maximum absolute atomic E-state index is 10.3. The van der Waals surface area contributed by atoms with Crippen molar-refractivity contribution in [1.82, 2.24) is 0 Å². The SMILES string of the molecule is CC(=O)[O-].CC(=O)[O-].CCCCC(CC)C(=O)[O-].CCCCC(CC)C(=O)[O-].[Ni+2].[Ni+2]. The molecule has 2 atom stereocenters. The molecule has 10 heteroatoms. The number of carboxylic acids is 4. The van der Waals surface area contributed by atoms with Gasteiger partial charge < -0.3 is 39.6 Å². The third-order valence-corrected chi connectivity index (χ3v) is 3.46. The summed E-state index contributed by atoms with van der Waals surface area (Å²) in [5.74, 6) is -4.40. The zero-order valence-corrected chi connectivity index (χ0v) is 20.7. The molecule has 0 aliphatic rings. The number of carbonyl (C=O) groups excluding carboxylic acids is 4. The van der Waals surface area contributed by atoms with Crippen LogP contribution in [0.25, 0.3) is 0 Å². The standard InChI is InChI=1S/2C8H16O2.2C2H4O2.2Ni/c2*1-3-5-6-7(4-2)8(9)10;2*1-2(3)4;;/h2*7H,3-6H2,1-2H3,(H,9,10);2*1H3,(H,3,4);;/q;;;;2*+2/p-4. The van der Waals surface area contributed by atoms with Gasteiger partial charge in [0.2, 0.25) is 0 Å². The summed E-state index contributed by atoms with van der Waals surface area (Å²) in [6.45, 7) is 9.83. The fourth-order valence-corrected chi connectivity index (χ4v) is 1.88. The molecule has 8 nitrogen and oxygen atoms in total. The Bertz CT molecular complexity index is 372. The van der Waals surface area contributed by atoms with E-state index in [1.54, 1.807) is 0 Å². The van der Waals surface area contributed by atoms with Crippen molar-refractivity contribution in [2.24, 2.45) is 11.8 Å². The van der Waals surface area contributed by atoms with Crippen LogP contribution >= 0.6 is 0 Å². The van der Waals surface area contributed by atoms with Crippen molar-refractivity contribution in [3.8, 4) is 0 Å². The van der Waals surface area contributed by atoms with Gasteiger partial charge in [0.25, 0.3) is 0 Å². The molecule has 0 spiro atoms. The smallest absolute Gasteiger partial charge is 0.550 e. The van der Waals surface area contributed by atoms with Gasteiger partial charge in [-0.25, -0.2) is 0 Å². The van der Waals surface area contributed by atoms with E-state index in [0.29, 0.717) is 12.8 Å². The number of aliphatic carboxylic acids is 4. The van der Waals surface area contributed by atoms with E-state index in [4.69, 9.17) is 19.8 Å². The summed E-state index contributed by atoms with van der Waals surface area (Å²) in [6.07, 6.45) is 7.04. The van der Waals surface area contributed by atoms with E-state index in [9.17, 15) is 19.8 Å². The van der Waals surface area contributed by atoms with Crippen LogP contribution in [0, 0.1) is 11.8 Å². The maximum Gasteiger partial charge on any atom is 2.00 e. The van der Waals surface area contributed by atoms with E-state index < -0.39 is 23.9 Å². The Balaban J connectivity index is -0.0000000678. The van der Waals surface area contributed by atoms with E-state index in [1.165, 1.54) is 0 Å². The van der Waals surface area contributed by atoms with Crippen LogP contribution < -0.4 is 20.4 Å². The molecule has 2 unspecified atom stereocenters. The second-order valence-electron chi connectivity index (χ2n) is 6.12. The first kappa shape index (κ1) is 42.9. The fourth-order valence-electron chi connectivity index (χ4n) is 1.88. The Morgan fingerprint density at radius 1 is 0.600 bits per heavy atom. The molecule has 0 heterocycles. The summed E-state index contributed by atoms with van der Waals surface area (Å²) in [5.41, 5.74) is 0. The minimum atomic E-state index is -1.08. The van der Waals surface area contributed by atoms with Gasteiger partial charge in [0.1, 0.15) is 0 Å². The summed E-state index contributed by atoms with van der Waals surface area (Å²) in [4.78, 5) is 38.4. The first-order valence-electron chi connectivity index (χ1n) is 9.67. The fraction of sp³-hybridized carbons (Fsp3) is 0.800. The molecule has 0 aromatic carbocycles. The van der Waals surface area contributed by atoms with Crippen molar-refractivity contribution in [1.29, 1.82) is 0 Å². The van der Waals surface area contributed by atoms with Gasteiger partial charge in [-0.15, -0.1) is 0 Å². The van der Waals surface area contributed by atoms with Crippen LogP contribution in [0.15, 0.2) is 0 Å². The summed E-state index contributed by atoms with van der Waals surface area (Å²) < 4.78 is 0. The number of hydrogen-bond acceptors (Lipinski definition) is 8. The van der Waals surface area contributed by atoms with Gasteiger partial charge in [0.15, 0.2) is 0 Å². The number of carbonyl (C=O) groups is 4. The van der Waals surface area contributed by atoms with Crippen LogP contribution in [0.3, 0.4) is 0 Å². The van der Waals surface area contributed by atoms with Crippen molar-refractivity contribution in [2.75, 3.05) is 0 Å². The van der Waals surface area contributed by atoms with Crippen LogP contribution in [-0.4, -0.2) is 23.9 Å². The van der Waals surface area contributed by atoms with Gasteiger partial charge in [-0.2, -0.15) is 0 Å². The van der Waals surface area contributed by atoms with Crippen molar-refractivity contribution in [3.63, 3.8) is 0 Å². The monoisotopic (exact) mass is 520 g/mol. The Kier molecular flexibility index (Phi) is 46.5. The molecule has 0 aromatic rings. The molecule has 0 saturated carbocycles. The van der Waals surface area contributed by atoms with Crippen LogP contribution in [0.4, 0.5) is 0 Å². The molecule has 0 aliphatic carbocycles. The number of rotatable bonds is 10. The molecule has 0 saturated heterocycles. The average molecular weight is 522 g/mol. The largest absolute Gasteiger partial charge is 2.00 e. The second kappa shape index (κ2) is 32.5. The number of hydrogen-bond donors (Lipinski definition) is 0. The predicted octanol–water partition coefficient (Wildman–Crippen LogP) is -0.587. The molecule has 184 valence electrons. The number of unbranched alkanes of at least 4 members (excludes halogenated alkanes) is 2. The maximum atomic E-state index is 10.3.